The zero-order valence-corrected chi connectivity index (χ0v) is 14.4. The summed E-state index contributed by atoms with van der Waals surface area (Å²) in [6.07, 6.45) is 2.42. The van der Waals surface area contributed by atoms with Gasteiger partial charge in [-0.2, -0.15) is 0 Å². The van der Waals surface area contributed by atoms with Crippen LogP contribution in [0.1, 0.15) is 24.3 Å². The second kappa shape index (κ2) is 6.60. The van der Waals surface area contributed by atoms with Gasteiger partial charge in [0.1, 0.15) is 5.15 Å². The molecule has 0 saturated carbocycles. The SMILES string of the molecule is Clc1[nH]c2ccccc2c1Sc1ccccc1C1CCNCC1. The molecule has 0 radical (unpaired) electrons. The van der Waals surface area contributed by atoms with Crippen LogP contribution in [0.5, 0.6) is 0 Å². The van der Waals surface area contributed by atoms with Crippen LogP contribution in [-0.2, 0) is 0 Å². The number of rotatable bonds is 3. The summed E-state index contributed by atoms with van der Waals surface area (Å²) in [4.78, 5) is 5.73. The lowest BCUT2D eigenvalue weighted by Gasteiger charge is -2.24. The quantitative estimate of drug-likeness (QED) is 0.663. The normalized spacial score (nSPS) is 16.0. The molecule has 2 nitrogen and oxygen atoms in total. The molecule has 1 aromatic heterocycles. The first kappa shape index (κ1) is 15.1. The Morgan fingerprint density at radius 1 is 0.957 bits per heavy atom. The molecular weight excluding hydrogens is 324 g/mol. The third-order valence-corrected chi connectivity index (χ3v) is 6.14. The van der Waals surface area contributed by atoms with Crippen LogP contribution in [-0.4, -0.2) is 18.1 Å². The molecule has 1 saturated heterocycles. The van der Waals surface area contributed by atoms with Crippen LogP contribution in [0.3, 0.4) is 0 Å². The van der Waals surface area contributed by atoms with Crippen molar-refractivity contribution < 1.29 is 0 Å². The van der Waals surface area contributed by atoms with Crippen molar-refractivity contribution in [2.45, 2.75) is 28.6 Å². The maximum atomic E-state index is 6.47. The van der Waals surface area contributed by atoms with E-state index in [4.69, 9.17) is 11.6 Å². The number of aromatic amines is 1. The van der Waals surface area contributed by atoms with Gasteiger partial charge in [0, 0.05) is 15.8 Å². The standard InChI is InChI=1S/C19H19ClN2S/c20-19-18(15-6-1-3-7-16(15)22-19)23-17-8-4-2-5-14(17)13-9-11-21-12-10-13/h1-8,13,21-22H,9-12H2. The van der Waals surface area contributed by atoms with Gasteiger partial charge in [-0.15, -0.1) is 0 Å². The molecule has 0 unspecified atom stereocenters. The molecule has 1 fully saturated rings. The number of hydrogen-bond donors (Lipinski definition) is 2. The second-order valence-corrected chi connectivity index (χ2v) is 7.41. The van der Waals surface area contributed by atoms with Crippen molar-refractivity contribution in [3.05, 3.63) is 59.2 Å². The Morgan fingerprint density at radius 3 is 2.57 bits per heavy atom. The Balaban J connectivity index is 1.72. The van der Waals surface area contributed by atoms with Gasteiger partial charge >= 0.3 is 0 Å². The fourth-order valence-corrected chi connectivity index (χ4v) is 4.80. The van der Waals surface area contributed by atoms with Gasteiger partial charge in [0.05, 0.1) is 4.90 Å². The lowest BCUT2D eigenvalue weighted by atomic mass is 9.90. The molecule has 0 aliphatic carbocycles. The van der Waals surface area contributed by atoms with E-state index in [2.05, 4.69) is 52.8 Å². The average Bonchev–Trinajstić information content (AvgIpc) is 2.92. The van der Waals surface area contributed by atoms with E-state index >= 15 is 0 Å². The monoisotopic (exact) mass is 342 g/mol. The zero-order valence-electron chi connectivity index (χ0n) is 12.8. The van der Waals surface area contributed by atoms with E-state index in [1.165, 1.54) is 28.7 Å². The zero-order chi connectivity index (χ0) is 15.6. The largest absolute Gasteiger partial charge is 0.345 e. The van der Waals surface area contributed by atoms with Gasteiger partial charge in [0.15, 0.2) is 0 Å². The van der Waals surface area contributed by atoms with Gasteiger partial charge in [-0.25, -0.2) is 0 Å². The topological polar surface area (TPSA) is 27.8 Å². The smallest absolute Gasteiger partial charge is 0.121 e. The third kappa shape index (κ3) is 3.01. The first-order chi connectivity index (χ1) is 11.3. The molecule has 0 spiro atoms. The van der Waals surface area contributed by atoms with Crippen molar-refractivity contribution in [1.82, 2.24) is 10.3 Å². The van der Waals surface area contributed by atoms with Crippen LogP contribution in [0.2, 0.25) is 5.15 Å². The number of H-pyrrole nitrogens is 1. The van der Waals surface area contributed by atoms with Crippen LogP contribution in [0.15, 0.2) is 58.3 Å². The molecule has 118 valence electrons. The Labute approximate surface area is 145 Å². The number of aromatic nitrogens is 1. The summed E-state index contributed by atoms with van der Waals surface area (Å²) in [6, 6.07) is 17.1. The molecule has 2 N–H and O–H groups in total. The molecule has 3 aromatic rings. The van der Waals surface area contributed by atoms with Gasteiger partial charge in [0.2, 0.25) is 0 Å². The summed E-state index contributed by atoms with van der Waals surface area (Å²) in [7, 11) is 0. The third-order valence-electron chi connectivity index (χ3n) is 4.53. The minimum atomic E-state index is 0.643. The van der Waals surface area contributed by atoms with Gasteiger partial charge in [0.25, 0.3) is 0 Å². The highest BCUT2D eigenvalue weighted by Crippen LogP contribution is 2.42. The number of piperidine rings is 1. The van der Waals surface area contributed by atoms with Crippen LogP contribution in [0.4, 0.5) is 0 Å². The van der Waals surface area contributed by atoms with E-state index in [1.807, 2.05) is 6.07 Å². The predicted octanol–water partition coefficient (Wildman–Crippen LogP) is 5.44. The number of para-hydroxylation sites is 1. The van der Waals surface area contributed by atoms with Gasteiger partial charge in [-0.1, -0.05) is 59.8 Å². The molecule has 2 heterocycles. The fourth-order valence-electron chi connectivity index (χ4n) is 3.34. The first-order valence-corrected chi connectivity index (χ1v) is 9.26. The van der Waals surface area contributed by atoms with Crippen LogP contribution in [0.25, 0.3) is 10.9 Å². The number of halogens is 1. The fraction of sp³-hybridized carbons (Fsp3) is 0.263. The molecular formula is C19H19ClN2S. The van der Waals surface area contributed by atoms with Crippen molar-refractivity contribution in [2.24, 2.45) is 0 Å². The van der Waals surface area contributed by atoms with Crippen molar-refractivity contribution in [1.29, 1.82) is 0 Å². The Hall–Kier alpha value is -1.42. The Bertz CT molecular complexity index is 821. The van der Waals surface area contributed by atoms with Gasteiger partial charge < -0.3 is 10.3 Å². The van der Waals surface area contributed by atoms with Crippen LogP contribution >= 0.6 is 23.4 Å². The van der Waals surface area contributed by atoms with E-state index in [0.29, 0.717) is 5.92 Å². The van der Waals surface area contributed by atoms with E-state index in [-0.39, 0.29) is 0 Å². The highest BCUT2D eigenvalue weighted by atomic mass is 35.5. The average molecular weight is 343 g/mol. The minimum absolute atomic E-state index is 0.643. The number of nitrogens with one attached hydrogen (secondary N) is 2. The number of benzene rings is 2. The highest BCUT2D eigenvalue weighted by Gasteiger charge is 2.20. The lowest BCUT2D eigenvalue weighted by Crippen LogP contribution is -2.26. The Kier molecular flexibility index (Phi) is 4.34. The molecule has 23 heavy (non-hydrogen) atoms. The van der Waals surface area contributed by atoms with E-state index in [1.54, 1.807) is 11.8 Å². The van der Waals surface area contributed by atoms with Gasteiger partial charge in [-0.3, -0.25) is 0 Å². The molecule has 0 bridgehead atoms. The minimum Gasteiger partial charge on any atom is -0.345 e. The summed E-state index contributed by atoms with van der Waals surface area (Å²) in [5, 5.41) is 5.38. The molecule has 0 atom stereocenters. The Morgan fingerprint density at radius 2 is 1.70 bits per heavy atom. The van der Waals surface area contributed by atoms with Crippen LogP contribution in [0, 0.1) is 0 Å². The van der Waals surface area contributed by atoms with Crippen molar-refractivity contribution in [3.8, 4) is 0 Å². The summed E-state index contributed by atoms with van der Waals surface area (Å²) in [5.41, 5.74) is 2.56. The summed E-state index contributed by atoms with van der Waals surface area (Å²) >= 11 is 8.26. The molecule has 1 aliphatic heterocycles. The van der Waals surface area contributed by atoms with E-state index in [0.717, 1.165) is 28.7 Å². The number of fused-ring (bicyclic) bond motifs is 1. The van der Waals surface area contributed by atoms with Crippen molar-refractivity contribution in [3.63, 3.8) is 0 Å². The predicted molar refractivity (Wildman–Crippen MR) is 98.7 cm³/mol. The van der Waals surface area contributed by atoms with E-state index in [9.17, 15) is 0 Å². The highest BCUT2D eigenvalue weighted by molar-refractivity contribution is 7.99. The van der Waals surface area contributed by atoms with E-state index < -0.39 is 0 Å². The van der Waals surface area contributed by atoms with Crippen molar-refractivity contribution >= 4 is 34.3 Å². The lowest BCUT2D eigenvalue weighted by molar-refractivity contribution is 0.456. The molecule has 0 amide bonds. The van der Waals surface area contributed by atoms with Gasteiger partial charge in [-0.05, 0) is 49.5 Å². The molecule has 1 aliphatic rings. The maximum absolute atomic E-state index is 6.47. The molecule has 4 heteroatoms. The second-order valence-electron chi connectivity index (χ2n) is 5.98. The molecule has 2 aromatic carbocycles. The summed E-state index contributed by atoms with van der Waals surface area (Å²) < 4.78 is 0. The summed E-state index contributed by atoms with van der Waals surface area (Å²) in [6.45, 7) is 2.22. The first-order valence-electron chi connectivity index (χ1n) is 8.06. The van der Waals surface area contributed by atoms with Crippen molar-refractivity contribution in [2.75, 3.05) is 13.1 Å². The van der Waals surface area contributed by atoms with Crippen LogP contribution < -0.4 is 5.32 Å². The summed E-state index contributed by atoms with van der Waals surface area (Å²) in [5.74, 6) is 0.643. The molecule has 4 rings (SSSR count). The number of hydrogen-bond acceptors (Lipinski definition) is 2. The maximum Gasteiger partial charge on any atom is 0.121 e.